The summed E-state index contributed by atoms with van der Waals surface area (Å²) in [5.41, 5.74) is 2.99. The number of aryl methyl sites for hydroxylation is 1. The third kappa shape index (κ3) is 5.71. The van der Waals surface area contributed by atoms with Crippen LogP contribution in [-0.4, -0.2) is 53.4 Å². The van der Waals surface area contributed by atoms with Crippen LogP contribution in [0.4, 0.5) is 10.5 Å². The molecule has 7 heteroatoms. The number of likely N-dealkylation sites (tertiary alicyclic amines) is 1. The Morgan fingerprint density at radius 2 is 1.90 bits per heavy atom. The highest BCUT2D eigenvalue weighted by Crippen LogP contribution is 2.36. The smallest absolute Gasteiger partial charge is 0.410 e. The van der Waals surface area contributed by atoms with E-state index in [4.69, 9.17) is 9.47 Å². The molecule has 0 atom stereocenters. The zero-order valence-electron chi connectivity index (χ0n) is 19.4. The second kappa shape index (κ2) is 9.62. The van der Waals surface area contributed by atoms with Crippen molar-refractivity contribution >= 4 is 28.7 Å². The fourth-order valence-electron chi connectivity index (χ4n) is 4.20. The van der Waals surface area contributed by atoms with Crippen molar-refractivity contribution < 1.29 is 19.1 Å². The van der Waals surface area contributed by atoms with Gasteiger partial charge in [0.2, 0.25) is 0 Å². The van der Waals surface area contributed by atoms with Crippen LogP contribution in [0.2, 0.25) is 0 Å². The van der Waals surface area contributed by atoms with Gasteiger partial charge in [0.05, 0.1) is 24.2 Å². The minimum absolute atomic E-state index is 0.188. The molecule has 2 heterocycles. The Labute approximate surface area is 184 Å². The Balaban J connectivity index is 1.69. The molecule has 1 N–H and O–H groups in total. The molecule has 1 aromatic carbocycles. The molecule has 1 aliphatic heterocycles. The van der Waals surface area contributed by atoms with Gasteiger partial charge < -0.3 is 24.3 Å². The molecule has 1 aliphatic rings. The molecule has 0 spiro atoms. The van der Waals surface area contributed by atoms with Gasteiger partial charge >= 0.3 is 12.1 Å². The molecule has 0 bridgehead atoms. The van der Waals surface area contributed by atoms with E-state index in [-0.39, 0.29) is 12.1 Å². The molecule has 170 valence electrons. The number of esters is 1. The minimum Gasteiger partial charge on any atom is -0.466 e. The van der Waals surface area contributed by atoms with Crippen molar-refractivity contribution in [3.05, 3.63) is 30.0 Å². The summed E-state index contributed by atoms with van der Waals surface area (Å²) in [4.78, 5) is 25.8. The summed E-state index contributed by atoms with van der Waals surface area (Å²) >= 11 is 0. The first kappa shape index (κ1) is 23.0. The lowest BCUT2D eigenvalue weighted by Gasteiger charge is -2.33. The normalized spacial score (nSPS) is 15.2. The summed E-state index contributed by atoms with van der Waals surface area (Å²) in [5, 5.41) is 4.61. The number of benzene rings is 1. The molecule has 31 heavy (non-hydrogen) atoms. The average molecular weight is 430 g/mol. The number of nitrogens with zero attached hydrogens (tertiary/aromatic N) is 2. The van der Waals surface area contributed by atoms with E-state index in [1.165, 1.54) is 10.9 Å². The molecule has 1 saturated heterocycles. The molecule has 0 radical (unpaired) electrons. The number of anilines is 1. The predicted octanol–water partition coefficient (Wildman–Crippen LogP) is 4.66. The first-order valence-electron chi connectivity index (χ1n) is 11.1. The zero-order chi connectivity index (χ0) is 22.6. The lowest BCUT2D eigenvalue weighted by molar-refractivity contribution is -0.142. The van der Waals surface area contributed by atoms with Gasteiger partial charge in [0.1, 0.15) is 5.60 Å². The number of rotatable bonds is 6. The standard InChI is InChI=1S/C24H35N3O4/c1-6-30-21(28)10-13-25-20-9-7-8-18-19(16-26(5)22(18)20)17-11-14-27(15-12-17)23(29)31-24(2,3)4/h7-9,16-17,25H,6,10-15H2,1-5H3. The van der Waals surface area contributed by atoms with E-state index in [1.807, 2.05) is 44.7 Å². The summed E-state index contributed by atoms with van der Waals surface area (Å²) < 4.78 is 12.7. The maximum atomic E-state index is 12.4. The highest BCUT2D eigenvalue weighted by atomic mass is 16.6. The fraction of sp³-hybridized carbons (Fsp3) is 0.583. The van der Waals surface area contributed by atoms with Crippen LogP contribution in [0.15, 0.2) is 24.4 Å². The largest absolute Gasteiger partial charge is 0.466 e. The van der Waals surface area contributed by atoms with Crippen molar-refractivity contribution in [1.29, 1.82) is 0 Å². The number of nitrogens with one attached hydrogen (secondary N) is 1. The Bertz CT molecular complexity index is 921. The summed E-state index contributed by atoms with van der Waals surface area (Å²) in [7, 11) is 2.05. The number of fused-ring (bicyclic) bond motifs is 1. The molecule has 3 rings (SSSR count). The third-order valence-electron chi connectivity index (χ3n) is 5.57. The average Bonchev–Trinajstić information content (AvgIpc) is 3.04. The summed E-state index contributed by atoms with van der Waals surface area (Å²) in [6.07, 6.45) is 4.15. The predicted molar refractivity (Wildman–Crippen MR) is 122 cm³/mol. The van der Waals surface area contributed by atoms with Gasteiger partial charge in [-0.3, -0.25) is 4.79 Å². The van der Waals surface area contributed by atoms with Crippen LogP contribution in [0, 0.1) is 0 Å². The molecule has 1 amide bonds. The van der Waals surface area contributed by atoms with E-state index < -0.39 is 5.60 Å². The monoisotopic (exact) mass is 429 g/mol. The van der Waals surface area contributed by atoms with Gasteiger partial charge in [-0.15, -0.1) is 0 Å². The number of para-hydroxylation sites is 1. The number of carbonyl (C=O) groups is 2. The minimum atomic E-state index is -0.472. The van der Waals surface area contributed by atoms with E-state index in [0.717, 1.165) is 24.0 Å². The summed E-state index contributed by atoms with van der Waals surface area (Å²) in [5.74, 6) is 0.212. The number of piperidine rings is 1. The van der Waals surface area contributed by atoms with Gasteiger partial charge in [0.15, 0.2) is 0 Å². The molecular formula is C24H35N3O4. The Kier molecular flexibility index (Phi) is 7.13. The van der Waals surface area contributed by atoms with Crippen molar-refractivity contribution in [3.8, 4) is 0 Å². The van der Waals surface area contributed by atoms with Crippen LogP contribution in [0.1, 0.15) is 58.4 Å². The molecule has 1 fully saturated rings. The Morgan fingerprint density at radius 3 is 2.55 bits per heavy atom. The Morgan fingerprint density at radius 1 is 1.19 bits per heavy atom. The summed E-state index contributed by atoms with van der Waals surface area (Å²) in [6, 6.07) is 6.25. The third-order valence-corrected chi connectivity index (χ3v) is 5.57. The van der Waals surface area contributed by atoms with Gasteiger partial charge in [-0.05, 0) is 58.1 Å². The van der Waals surface area contributed by atoms with Gasteiger partial charge in [0.25, 0.3) is 0 Å². The van der Waals surface area contributed by atoms with Crippen molar-refractivity contribution in [2.24, 2.45) is 7.05 Å². The molecule has 0 unspecified atom stereocenters. The van der Waals surface area contributed by atoms with E-state index in [9.17, 15) is 9.59 Å². The van der Waals surface area contributed by atoms with E-state index in [2.05, 4.69) is 29.2 Å². The van der Waals surface area contributed by atoms with Crippen molar-refractivity contribution in [3.63, 3.8) is 0 Å². The van der Waals surface area contributed by atoms with Crippen molar-refractivity contribution in [1.82, 2.24) is 9.47 Å². The van der Waals surface area contributed by atoms with E-state index >= 15 is 0 Å². The number of hydrogen-bond donors (Lipinski definition) is 1. The molecule has 7 nitrogen and oxygen atoms in total. The first-order chi connectivity index (χ1) is 14.7. The summed E-state index contributed by atoms with van der Waals surface area (Å²) in [6.45, 7) is 9.84. The highest BCUT2D eigenvalue weighted by Gasteiger charge is 2.29. The van der Waals surface area contributed by atoms with E-state index in [1.54, 1.807) is 0 Å². The number of hydrogen-bond acceptors (Lipinski definition) is 5. The van der Waals surface area contributed by atoms with Crippen LogP contribution in [0.3, 0.4) is 0 Å². The number of amides is 1. The molecule has 0 saturated carbocycles. The number of aromatic nitrogens is 1. The Hall–Kier alpha value is -2.70. The molecule has 0 aliphatic carbocycles. The highest BCUT2D eigenvalue weighted by molar-refractivity contribution is 5.94. The van der Waals surface area contributed by atoms with Gasteiger partial charge in [-0.2, -0.15) is 0 Å². The first-order valence-corrected chi connectivity index (χ1v) is 11.1. The van der Waals surface area contributed by atoms with Gasteiger partial charge in [-0.1, -0.05) is 12.1 Å². The quantitative estimate of drug-likeness (QED) is 0.676. The molecule has 2 aromatic rings. The van der Waals surface area contributed by atoms with Crippen LogP contribution < -0.4 is 5.32 Å². The zero-order valence-corrected chi connectivity index (χ0v) is 19.4. The van der Waals surface area contributed by atoms with Gasteiger partial charge in [-0.25, -0.2) is 4.79 Å². The van der Waals surface area contributed by atoms with Crippen LogP contribution in [-0.2, 0) is 21.3 Å². The lowest BCUT2D eigenvalue weighted by atomic mass is 9.89. The lowest BCUT2D eigenvalue weighted by Crippen LogP contribution is -2.41. The second-order valence-electron chi connectivity index (χ2n) is 9.12. The molecule has 1 aromatic heterocycles. The van der Waals surface area contributed by atoms with Gasteiger partial charge in [0, 0.05) is 38.3 Å². The maximum absolute atomic E-state index is 12.4. The van der Waals surface area contributed by atoms with E-state index in [0.29, 0.717) is 38.6 Å². The molecular weight excluding hydrogens is 394 g/mol. The fourth-order valence-corrected chi connectivity index (χ4v) is 4.20. The second-order valence-corrected chi connectivity index (χ2v) is 9.12. The van der Waals surface area contributed by atoms with Crippen molar-refractivity contribution in [2.75, 3.05) is 31.6 Å². The van der Waals surface area contributed by atoms with Crippen LogP contribution >= 0.6 is 0 Å². The SMILES string of the molecule is CCOC(=O)CCNc1cccc2c(C3CCN(C(=O)OC(C)(C)C)CC3)cn(C)c12. The maximum Gasteiger partial charge on any atom is 0.410 e. The van der Waals surface area contributed by atoms with Crippen LogP contribution in [0.5, 0.6) is 0 Å². The number of ether oxygens (including phenoxy) is 2. The topological polar surface area (TPSA) is 72.8 Å². The number of carbonyl (C=O) groups excluding carboxylic acids is 2. The van der Waals surface area contributed by atoms with Crippen LogP contribution in [0.25, 0.3) is 10.9 Å². The van der Waals surface area contributed by atoms with Crippen molar-refractivity contribution in [2.45, 2.75) is 58.5 Å².